The number of benzene rings is 2. The Labute approximate surface area is 207 Å². The minimum Gasteiger partial charge on any atom is -0.507 e. The van der Waals surface area contributed by atoms with Crippen molar-refractivity contribution in [3.8, 4) is 0 Å². The van der Waals surface area contributed by atoms with Crippen molar-refractivity contribution in [3.63, 3.8) is 0 Å². The molecule has 2 aromatic carbocycles. The van der Waals surface area contributed by atoms with Crippen molar-refractivity contribution in [2.45, 2.75) is 52.0 Å². The first-order valence-electron chi connectivity index (χ1n) is 11.1. The number of nitrogens with zero attached hydrogens (tertiary/aromatic N) is 2. The van der Waals surface area contributed by atoms with Crippen LogP contribution < -0.4 is 4.90 Å². The molecule has 0 aliphatic carbocycles. The van der Waals surface area contributed by atoms with Crippen LogP contribution in [0.4, 0.5) is 5.82 Å². The fourth-order valence-corrected chi connectivity index (χ4v) is 4.21. The van der Waals surface area contributed by atoms with Crippen LogP contribution in [0, 0.1) is 0 Å². The zero-order valence-electron chi connectivity index (χ0n) is 19.8. The monoisotopic (exact) mass is 522 g/mol. The van der Waals surface area contributed by atoms with Crippen molar-refractivity contribution < 1.29 is 19.2 Å². The van der Waals surface area contributed by atoms with E-state index in [0.717, 1.165) is 10.0 Å². The number of anilines is 1. The van der Waals surface area contributed by atoms with Gasteiger partial charge in [0.25, 0.3) is 5.78 Å². The fourth-order valence-electron chi connectivity index (χ4n) is 3.94. The predicted octanol–water partition coefficient (Wildman–Crippen LogP) is 6.48. The van der Waals surface area contributed by atoms with Gasteiger partial charge in [0.2, 0.25) is 0 Å². The maximum atomic E-state index is 13.3. The smallest absolute Gasteiger partial charge is 0.301 e. The van der Waals surface area contributed by atoms with Crippen LogP contribution in [0.3, 0.4) is 0 Å². The van der Waals surface area contributed by atoms with Gasteiger partial charge in [-0.15, -0.1) is 0 Å². The lowest BCUT2D eigenvalue weighted by molar-refractivity contribution is -0.132. The van der Waals surface area contributed by atoms with Crippen molar-refractivity contribution in [2.75, 3.05) is 4.90 Å². The number of carbonyl (C=O) groups excluding carboxylic acids is 2. The van der Waals surface area contributed by atoms with E-state index in [-0.39, 0.29) is 22.6 Å². The molecule has 1 amide bonds. The van der Waals surface area contributed by atoms with Gasteiger partial charge >= 0.3 is 5.91 Å². The number of ketones is 1. The highest BCUT2D eigenvalue weighted by Gasteiger charge is 2.48. The third-order valence-electron chi connectivity index (χ3n) is 5.96. The van der Waals surface area contributed by atoms with Crippen LogP contribution in [0.1, 0.15) is 69.0 Å². The van der Waals surface area contributed by atoms with Crippen LogP contribution in [0.25, 0.3) is 5.76 Å². The maximum absolute atomic E-state index is 13.3. The second-order valence-electron chi connectivity index (χ2n) is 9.80. The summed E-state index contributed by atoms with van der Waals surface area (Å²) in [5.74, 6) is -0.603. The summed E-state index contributed by atoms with van der Waals surface area (Å²) >= 11 is 3.38. The van der Waals surface area contributed by atoms with E-state index in [0.29, 0.717) is 22.8 Å². The standard InChI is InChI=1S/C27H27BrN2O4/c1-15(2)16-6-8-17(9-7-16)23-22(24(31)18-10-12-19(28)13-11-18)25(32)26(33)30(23)21-14-20(34-29-21)27(3,4)5/h6-15,23,31H,1-5H3/t23-/m0/s1. The summed E-state index contributed by atoms with van der Waals surface area (Å²) in [6.07, 6.45) is 0. The van der Waals surface area contributed by atoms with E-state index < -0.39 is 17.7 Å². The van der Waals surface area contributed by atoms with E-state index in [1.807, 2.05) is 45.0 Å². The Kier molecular flexibility index (Phi) is 6.25. The van der Waals surface area contributed by atoms with Gasteiger partial charge in [-0.1, -0.05) is 92.1 Å². The lowest BCUT2D eigenvalue weighted by Crippen LogP contribution is -2.29. The highest BCUT2D eigenvalue weighted by Crippen LogP contribution is 2.43. The van der Waals surface area contributed by atoms with E-state index in [4.69, 9.17) is 4.52 Å². The van der Waals surface area contributed by atoms with Crippen molar-refractivity contribution >= 4 is 39.2 Å². The Morgan fingerprint density at radius 3 is 2.21 bits per heavy atom. The molecule has 7 heteroatoms. The quantitative estimate of drug-likeness (QED) is 0.240. The second kappa shape index (κ2) is 8.87. The number of hydrogen-bond donors (Lipinski definition) is 1. The number of aliphatic hydroxyl groups is 1. The maximum Gasteiger partial charge on any atom is 0.301 e. The third kappa shape index (κ3) is 4.32. The summed E-state index contributed by atoms with van der Waals surface area (Å²) in [4.78, 5) is 27.8. The predicted molar refractivity (Wildman–Crippen MR) is 135 cm³/mol. The molecular weight excluding hydrogens is 496 g/mol. The number of aliphatic hydroxyl groups excluding tert-OH is 1. The molecule has 1 aromatic heterocycles. The Bertz CT molecular complexity index is 1270. The topological polar surface area (TPSA) is 83.6 Å². The molecule has 34 heavy (non-hydrogen) atoms. The van der Waals surface area contributed by atoms with E-state index in [1.54, 1.807) is 30.3 Å². The molecule has 0 bridgehead atoms. The molecule has 1 N–H and O–H groups in total. The largest absolute Gasteiger partial charge is 0.507 e. The molecule has 1 atom stereocenters. The number of hydrogen-bond acceptors (Lipinski definition) is 5. The van der Waals surface area contributed by atoms with Gasteiger partial charge in [-0.3, -0.25) is 14.5 Å². The number of amides is 1. The van der Waals surface area contributed by atoms with Crippen LogP contribution in [0.5, 0.6) is 0 Å². The van der Waals surface area contributed by atoms with E-state index in [1.165, 1.54) is 4.90 Å². The highest BCUT2D eigenvalue weighted by molar-refractivity contribution is 9.10. The molecule has 3 aromatic rings. The minimum atomic E-state index is -0.845. The van der Waals surface area contributed by atoms with E-state index >= 15 is 0 Å². The summed E-state index contributed by atoms with van der Waals surface area (Å²) in [6, 6.07) is 15.5. The average Bonchev–Trinajstić information content (AvgIpc) is 3.37. The average molecular weight is 523 g/mol. The van der Waals surface area contributed by atoms with E-state index in [9.17, 15) is 14.7 Å². The van der Waals surface area contributed by atoms with Crippen LogP contribution in [0.2, 0.25) is 0 Å². The molecule has 0 unspecified atom stereocenters. The molecule has 0 spiro atoms. The number of aromatic nitrogens is 1. The first-order chi connectivity index (χ1) is 16.0. The lowest BCUT2D eigenvalue weighted by atomic mass is 9.92. The Balaban J connectivity index is 1.91. The SMILES string of the molecule is CC(C)c1ccc([C@H]2C(=C(O)c3ccc(Br)cc3)C(=O)C(=O)N2c2cc(C(C)(C)C)on2)cc1. The van der Waals surface area contributed by atoms with Crippen LogP contribution in [0.15, 0.2) is 69.2 Å². The van der Waals surface area contributed by atoms with Gasteiger partial charge in [-0.2, -0.15) is 0 Å². The normalized spacial score (nSPS) is 18.2. The van der Waals surface area contributed by atoms with Crippen molar-refractivity contribution in [1.29, 1.82) is 0 Å². The summed E-state index contributed by atoms with van der Waals surface area (Å²) in [7, 11) is 0. The molecule has 2 heterocycles. The number of rotatable bonds is 4. The number of halogens is 1. The van der Waals surface area contributed by atoms with E-state index in [2.05, 4.69) is 34.9 Å². The number of carbonyl (C=O) groups is 2. The Morgan fingerprint density at radius 2 is 1.68 bits per heavy atom. The summed E-state index contributed by atoms with van der Waals surface area (Å²) in [5, 5.41) is 15.3. The molecule has 1 saturated heterocycles. The molecule has 0 saturated carbocycles. The van der Waals surface area contributed by atoms with Crippen LogP contribution >= 0.6 is 15.9 Å². The summed E-state index contributed by atoms with van der Waals surface area (Å²) < 4.78 is 6.35. The molecule has 1 aliphatic rings. The number of Topliss-reactive ketones (excluding diaryl/α,β-unsaturated/α-hetero) is 1. The molecule has 4 rings (SSSR count). The highest BCUT2D eigenvalue weighted by atomic mass is 79.9. The molecule has 6 nitrogen and oxygen atoms in total. The Morgan fingerprint density at radius 1 is 1.06 bits per heavy atom. The van der Waals surface area contributed by atoms with Gasteiger partial charge in [0.05, 0.1) is 11.6 Å². The van der Waals surface area contributed by atoms with Crippen molar-refractivity contribution in [3.05, 3.63) is 87.1 Å². The summed E-state index contributed by atoms with van der Waals surface area (Å²) in [5.41, 5.74) is 1.96. The van der Waals surface area contributed by atoms with Crippen LogP contribution in [-0.2, 0) is 15.0 Å². The molecule has 1 fully saturated rings. The minimum absolute atomic E-state index is 0.0185. The van der Waals surface area contributed by atoms with Gasteiger partial charge in [-0.25, -0.2) is 0 Å². The van der Waals surface area contributed by atoms with Gasteiger partial charge in [0, 0.05) is 21.5 Å². The Hall–Kier alpha value is -3.19. The first-order valence-corrected chi connectivity index (χ1v) is 11.9. The molecule has 0 radical (unpaired) electrons. The van der Waals surface area contributed by atoms with Gasteiger partial charge in [0.1, 0.15) is 11.5 Å². The third-order valence-corrected chi connectivity index (χ3v) is 6.49. The van der Waals surface area contributed by atoms with Gasteiger partial charge < -0.3 is 9.63 Å². The second-order valence-corrected chi connectivity index (χ2v) is 10.7. The fraction of sp³-hybridized carbons (Fsp3) is 0.296. The first kappa shape index (κ1) is 24.0. The zero-order chi connectivity index (χ0) is 24.8. The lowest BCUT2D eigenvalue weighted by Gasteiger charge is -2.23. The molecular formula is C27H27BrN2O4. The van der Waals surface area contributed by atoms with Crippen molar-refractivity contribution in [1.82, 2.24) is 5.16 Å². The molecule has 1 aliphatic heterocycles. The van der Waals surface area contributed by atoms with Crippen molar-refractivity contribution in [2.24, 2.45) is 0 Å². The zero-order valence-corrected chi connectivity index (χ0v) is 21.4. The van der Waals surface area contributed by atoms with Gasteiger partial charge in [0.15, 0.2) is 5.82 Å². The molecule has 176 valence electrons. The summed E-state index contributed by atoms with van der Waals surface area (Å²) in [6.45, 7) is 10.1. The van der Waals surface area contributed by atoms with Crippen LogP contribution in [-0.4, -0.2) is 22.0 Å². The van der Waals surface area contributed by atoms with Gasteiger partial charge in [-0.05, 0) is 29.2 Å².